The first-order chi connectivity index (χ1) is 9.20. The van der Waals surface area contributed by atoms with Crippen molar-refractivity contribution in [2.24, 2.45) is 5.73 Å². The number of nitrogens with two attached hydrogens (primary N) is 1. The molecule has 2 atom stereocenters. The Bertz CT molecular complexity index is 501. The van der Waals surface area contributed by atoms with Gasteiger partial charge in [0, 0.05) is 17.5 Å². The van der Waals surface area contributed by atoms with Crippen molar-refractivity contribution >= 4 is 23.4 Å². The van der Waals surface area contributed by atoms with Gasteiger partial charge in [-0.3, -0.25) is 0 Å². The maximum Gasteiger partial charge on any atom is 0.0964 e. The summed E-state index contributed by atoms with van der Waals surface area (Å²) in [6, 6.07) is 14.0. The van der Waals surface area contributed by atoms with E-state index in [0.29, 0.717) is 10.3 Å². The van der Waals surface area contributed by atoms with Crippen molar-refractivity contribution in [3.8, 4) is 0 Å². The Kier molecular flexibility index (Phi) is 5.25. The van der Waals surface area contributed by atoms with Gasteiger partial charge in [-0.1, -0.05) is 48.9 Å². The highest BCUT2D eigenvalue weighted by Crippen LogP contribution is 2.32. The summed E-state index contributed by atoms with van der Waals surface area (Å²) in [6.07, 6.45) is 2.66. The van der Waals surface area contributed by atoms with Crippen LogP contribution in [0.1, 0.15) is 24.9 Å². The molecule has 2 rings (SSSR count). The third-order valence-electron chi connectivity index (χ3n) is 2.96. The minimum absolute atomic E-state index is 0.00804. The van der Waals surface area contributed by atoms with E-state index < -0.39 is 0 Å². The monoisotopic (exact) mass is 292 g/mol. The van der Waals surface area contributed by atoms with Gasteiger partial charge in [0.2, 0.25) is 0 Å². The third kappa shape index (κ3) is 3.96. The SMILES string of the molecule is CCC(Sc1ccc(Cl)cn1)C(N)c1ccccc1. The van der Waals surface area contributed by atoms with E-state index in [1.54, 1.807) is 18.0 Å². The van der Waals surface area contributed by atoms with E-state index in [9.17, 15) is 0 Å². The molecule has 0 radical (unpaired) electrons. The van der Waals surface area contributed by atoms with Crippen LogP contribution in [0.4, 0.5) is 0 Å². The summed E-state index contributed by atoms with van der Waals surface area (Å²) >= 11 is 7.55. The molecule has 4 heteroatoms. The molecule has 2 nitrogen and oxygen atoms in total. The standard InChI is InChI=1S/C15H17ClN2S/c1-2-13(15(17)11-6-4-3-5-7-11)19-14-9-8-12(16)10-18-14/h3-10,13,15H,2,17H2,1H3. The van der Waals surface area contributed by atoms with E-state index in [2.05, 4.69) is 24.0 Å². The summed E-state index contributed by atoms with van der Waals surface area (Å²) < 4.78 is 0. The molecule has 0 saturated carbocycles. The average Bonchev–Trinajstić information content (AvgIpc) is 2.47. The number of halogens is 1. The zero-order chi connectivity index (χ0) is 13.7. The van der Waals surface area contributed by atoms with E-state index in [0.717, 1.165) is 17.0 Å². The lowest BCUT2D eigenvalue weighted by molar-refractivity contribution is 0.655. The van der Waals surface area contributed by atoms with Crippen LogP contribution in [0.2, 0.25) is 5.02 Å². The first-order valence-electron chi connectivity index (χ1n) is 6.29. The number of thioether (sulfide) groups is 1. The van der Waals surface area contributed by atoms with Crippen LogP contribution < -0.4 is 5.73 Å². The molecule has 2 aromatic rings. The fourth-order valence-corrected chi connectivity index (χ4v) is 3.04. The molecule has 2 N–H and O–H groups in total. The second-order valence-electron chi connectivity index (χ2n) is 4.32. The fraction of sp³-hybridized carbons (Fsp3) is 0.267. The van der Waals surface area contributed by atoms with Crippen molar-refractivity contribution in [2.45, 2.75) is 29.7 Å². The summed E-state index contributed by atoms with van der Waals surface area (Å²) in [5, 5.41) is 1.92. The number of hydrogen-bond acceptors (Lipinski definition) is 3. The molecular formula is C15H17ClN2S. The molecule has 0 aliphatic rings. The summed E-state index contributed by atoms with van der Waals surface area (Å²) in [5.74, 6) is 0. The molecule has 1 aromatic carbocycles. The first kappa shape index (κ1) is 14.4. The molecule has 100 valence electrons. The number of rotatable bonds is 5. The Morgan fingerprint density at radius 1 is 1.21 bits per heavy atom. The number of aromatic nitrogens is 1. The molecule has 2 unspecified atom stereocenters. The van der Waals surface area contributed by atoms with Gasteiger partial charge in [-0.15, -0.1) is 11.8 Å². The van der Waals surface area contributed by atoms with Gasteiger partial charge in [0.15, 0.2) is 0 Å². The molecule has 0 aliphatic carbocycles. The zero-order valence-electron chi connectivity index (χ0n) is 10.8. The highest BCUT2D eigenvalue weighted by atomic mass is 35.5. The zero-order valence-corrected chi connectivity index (χ0v) is 12.4. The van der Waals surface area contributed by atoms with Crippen molar-refractivity contribution in [1.29, 1.82) is 0 Å². The van der Waals surface area contributed by atoms with Crippen LogP contribution in [-0.2, 0) is 0 Å². The molecule has 1 heterocycles. The van der Waals surface area contributed by atoms with Crippen LogP contribution in [0.5, 0.6) is 0 Å². The van der Waals surface area contributed by atoms with Crippen molar-refractivity contribution in [3.63, 3.8) is 0 Å². The van der Waals surface area contributed by atoms with Crippen LogP contribution in [0, 0.1) is 0 Å². The first-order valence-corrected chi connectivity index (χ1v) is 7.55. The van der Waals surface area contributed by atoms with Crippen molar-refractivity contribution < 1.29 is 0 Å². The van der Waals surface area contributed by atoms with Gasteiger partial charge in [-0.25, -0.2) is 4.98 Å². The van der Waals surface area contributed by atoms with Crippen LogP contribution in [0.15, 0.2) is 53.7 Å². The molecular weight excluding hydrogens is 276 g/mol. The lowest BCUT2D eigenvalue weighted by Gasteiger charge is -2.22. The lowest BCUT2D eigenvalue weighted by Crippen LogP contribution is -2.23. The van der Waals surface area contributed by atoms with Crippen LogP contribution in [0.25, 0.3) is 0 Å². The van der Waals surface area contributed by atoms with Gasteiger partial charge in [0.05, 0.1) is 10.0 Å². The topological polar surface area (TPSA) is 38.9 Å². The molecule has 0 bridgehead atoms. The second kappa shape index (κ2) is 6.94. The van der Waals surface area contributed by atoms with Crippen molar-refractivity contribution in [1.82, 2.24) is 4.98 Å². The van der Waals surface area contributed by atoms with E-state index in [1.807, 2.05) is 30.3 Å². The quantitative estimate of drug-likeness (QED) is 0.835. The van der Waals surface area contributed by atoms with Gasteiger partial charge < -0.3 is 5.73 Å². The third-order valence-corrected chi connectivity index (χ3v) is 4.60. The molecule has 0 aliphatic heterocycles. The maximum absolute atomic E-state index is 6.35. The van der Waals surface area contributed by atoms with Gasteiger partial charge in [0.25, 0.3) is 0 Å². The average molecular weight is 293 g/mol. The Morgan fingerprint density at radius 2 is 1.95 bits per heavy atom. The van der Waals surface area contributed by atoms with Crippen LogP contribution in [-0.4, -0.2) is 10.2 Å². The Balaban J connectivity index is 2.10. The maximum atomic E-state index is 6.35. The van der Waals surface area contributed by atoms with E-state index in [4.69, 9.17) is 17.3 Å². The smallest absolute Gasteiger partial charge is 0.0964 e. The highest BCUT2D eigenvalue weighted by molar-refractivity contribution is 7.99. The van der Waals surface area contributed by atoms with Gasteiger partial charge in [-0.05, 0) is 24.1 Å². The second-order valence-corrected chi connectivity index (χ2v) is 6.01. The van der Waals surface area contributed by atoms with E-state index in [1.165, 1.54) is 0 Å². The molecule has 19 heavy (non-hydrogen) atoms. The van der Waals surface area contributed by atoms with Gasteiger partial charge >= 0.3 is 0 Å². The largest absolute Gasteiger partial charge is 0.323 e. The van der Waals surface area contributed by atoms with E-state index >= 15 is 0 Å². The predicted octanol–water partition coefficient (Wildman–Crippen LogP) is 4.31. The number of hydrogen-bond donors (Lipinski definition) is 1. The lowest BCUT2D eigenvalue weighted by atomic mass is 10.0. The van der Waals surface area contributed by atoms with Crippen molar-refractivity contribution in [3.05, 3.63) is 59.2 Å². The van der Waals surface area contributed by atoms with Crippen LogP contribution >= 0.6 is 23.4 Å². The minimum atomic E-state index is 0.00804. The highest BCUT2D eigenvalue weighted by Gasteiger charge is 2.19. The summed E-state index contributed by atoms with van der Waals surface area (Å²) in [6.45, 7) is 2.15. The molecule has 0 saturated heterocycles. The normalized spacial score (nSPS) is 14.1. The molecule has 0 amide bonds. The summed E-state index contributed by atoms with van der Waals surface area (Å²) in [5.41, 5.74) is 7.52. The Labute approximate surface area is 123 Å². The molecule has 1 aromatic heterocycles. The molecule has 0 fully saturated rings. The van der Waals surface area contributed by atoms with Crippen molar-refractivity contribution in [2.75, 3.05) is 0 Å². The minimum Gasteiger partial charge on any atom is -0.323 e. The molecule has 0 spiro atoms. The van der Waals surface area contributed by atoms with E-state index in [-0.39, 0.29) is 6.04 Å². The predicted molar refractivity (Wildman–Crippen MR) is 82.6 cm³/mol. The van der Waals surface area contributed by atoms with Gasteiger partial charge in [-0.2, -0.15) is 0 Å². The fourth-order valence-electron chi connectivity index (χ4n) is 1.89. The van der Waals surface area contributed by atoms with Gasteiger partial charge in [0.1, 0.15) is 0 Å². The summed E-state index contributed by atoms with van der Waals surface area (Å²) in [7, 11) is 0. The Hall–Kier alpha value is -1.03. The summed E-state index contributed by atoms with van der Waals surface area (Å²) in [4.78, 5) is 4.32. The Morgan fingerprint density at radius 3 is 2.53 bits per heavy atom. The van der Waals surface area contributed by atoms with Crippen LogP contribution in [0.3, 0.4) is 0 Å². The number of pyridine rings is 1. The number of nitrogens with zero attached hydrogens (tertiary/aromatic N) is 1. The number of benzene rings is 1.